The number of rotatable bonds is 6. The molecule has 2 heterocycles. The fourth-order valence-corrected chi connectivity index (χ4v) is 7.55. The molecule has 4 fully saturated rings. The molecular formula is C28H31ClN4O2. The largest absolute Gasteiger partial charge is 0.465 e. The molecule has 4 saturated carbocycles. The van der Waals surface area contributed by atoms with Crippen LogP contribution in [-0.4, -0.2) is 34.9 Å². The van der Waals surface area contributed by atoms with Gasteiger partial charge in [-0.05, 0) is 91.0 Å². The molecule has 7 heteroatoms. The van der Waals surface area contributed by atoms with Crippen molar-refractivity contribution in [1.29, 1.82) is 0 Å². The molecule has 0 atom stereocenters. The summed E-state index contributed by atoms with van der Waals surface area (Å²) in [6.45, 7) is 0.583. The van der Waals surface area contributed by atoms with Gasteiger partial charge in [-0.1, -0.05) is 23.7 Å². The van der Waals surface area contributed by atoms with Gasteiger partial charge in [-0.3, -0.25) is 4.68 Å². The quantitative estimate of drug-likeness (QED) is 0.396. The van der Waals surface area contributed by atoms with Gasteiger partial charge in [0.25, 0.3) is 0 Å². The van der Waals surface area contributed by atoms with Gasteiger partial charge in [0, 0.05) is 24.5 Å². The molecular weight excluding hydrogens is 460 g/mol. The Bertz CT molecular complexity index is 1230. The van der Waals surface area contributed by atoms with E-state index in [2.05, 4.69) is 28.3 Å². The number of carbonyl (C=O) groups is 1. The van der Waals surface area contributed by atoms with E-state index in [1.807, 2.05) is 22.8 Å². The number of benzene rings is 1. The number of anilines is 2. The van der Waals surface area contributed by atoms with E-state index < -0.39 is 5.97 Å². The number of esters is 1. The zero-order valence-electron chi connectivity index (χ0n) is 20.3. The minimum Gasteiger partial charge on any atom is -0.465 e. The fraction of sp³-hybridized carbons (Fsp3) is 0.464. The Hall–Kier alpha value is -2.86. The maximum absolute atomic E-state index is 12.2. The van der Waals surface area contributed by atoms with Gasteiger partial charge >= 0.3 is 5.97 Å². The minimum absolute atomic E-state index is 0.346. The lowest BCUT2D eigenvalue weighted by Gasteiger charge is -2.57. The van der Waals surface area contributed by atoms with Gasteiger partial charge in [0.2, 0.25) is 0 Å². The van der Waals surface area contributed by atoms with Crippen molar-refractivity contribution in [2.75, 3.05) is 19.1 Å². The van der Waals surface area contributed by atoms with Gasteiger partial charge in [-0.25, -0.2) is 9.78 Å². The van der Waals surface area contributed by atoms with Crippen LogP contribution in [0.1, 0.15) is 60.0 Å². The molecule has 6 nitrogen and oxygen atoms in total. The summed E-state index contributed by atoms with van der Waals surface area (Å²) in [4.78, 5) is 18.4. The molecule has 182 valence electrons. The zero-order valence-corrected chi connectivity index (χ0v) is 21.0. The van der Waals surface area contributed by atoms with E-state index in [0.29, 0.717) is 23.3 Å². The molecule has 4 bridgehead atoms. The van der Waals surface area contributed by atoms with Crippen molar-refractivity contribution in [3.8, 4) is 0 Å². The van der Waals surface area contributed by atoms with Crippen LogP contribution in [-0.2, 0) is 16.7 Å². The highest BCUT2D eigenvalue weighted by molar-refractivity contribution is 6.31. The lowest BCUT2D eigenvalue weighted by Crippen LogP contribution is -2.48. The van der Waals surface area contributed by atoms with Crippen LogP contribution >= 0.6 is 11.6 Å². The first-order valence-electron chi connectivity index (χ1n) is 12.5. The Labute approximate surface area is 211 Å². The van der Waals surface area contributed by atoms with Crippen LogP contribution in [0.15, 0.2) is 48.9 Å². The molecule has 0 amide bonds. The number of halogens is 1. The first-order valence-corrected chi connectivity index (χ1v) is 12.9. The first-order chi connectivity index (χ1) is 16.9. The van der Waals surface area contributed by atoms with Crippen LogP contribution in [0.2, 0.25) is 5.02 Å². The molecule has 0 spiro atoms. The highest BCUT2D eigenvalue weighted by Crippen LogP contribution is 2.60. The van der Waals surface area contributed by atoms with Crippen molar-refractivity contribution in [3.63, 3.8) is 0 Å². The van der Waals surface area contributed by atoms with Gasteiger partial charge in [0.15, 0.2) is 0 Å². The molecule has 4 aliphatic rings. The summed E-state index contributed by atoms with van der Waals surface area (Å²) in [5, 5.41) is 5.36. The van der Waals surface area contributed by atoms with Gasteiger partial charge in [-0.15, -0.1) is 0 Å². The standard InChI is InChI=1S/C28H31ClN4O2/c1-32(26-24(27(34)35-2)4-3-7-30-26)23-15-31-33(17-23)16-21-5-6-22(11-25(21)29)28-12-18-8-19(13-28)10-20(9-18)14-28/h3-7,11,15,17-20H,8-10,12-14,16H2,1-2H3. The van der Waals surface area contributed by atoms with Gasteiger partial charge in [0.05, 0.1) is 25.5 Å². The van der Waals surface area contributed by atoms with Gasteiger partial charge in [-0.2, -0.15) is 5.10 Å². The summed E-state index contributed by atoms with van der Waals surface area (Å²) < 4.78 is 6.78. The van der Waals surface area contributed by atoms with E-state index in [9.17, 15) is 4.79 Å². The fourth-order valence-electron chi connectivity index (χ4n) is 7.31. The average molecular weight is 491 g/mol. The van der Waals surface area contributed by atoms with E-state index in [4.69, 9.17) is 16.3 Å². The lowest BCUT2D eigenvalue weighted by atomic mass is 9.48. The predicted octanol–water partition coefficient (Wildman–Crippen LogP) is 6.00. The Morgan fingerprint density at radius 1 is 1.17 bits per heavy atom. The number of ether oxygens (including phenoxy) is 1. The normalized spacial score (nSPS) is 26.7. The van der Waals surface area contributed by atoms with E-state index in [1.165, 1.54) is 51.2 Å². The molecule has 4 aliphatic carbocycles. The summed E-state index contributed by atoms with van der Waals surface area (Å²) in [5.41, 5.74) is 4.09. The van der Waals surface area contributed by atoms with Crippen molar-refractivity contribution >= 4 is 29.1 Å². The maximum atomic E-state index is 12.2. The van der Waals surface area contributed by atoms with Crippen molar-refractivity contribution in [1.82, 2.24) is 14.8 Å². The van der Waals surface area contributed by atoms with E-state index in [1.54, 1.807) is 24.5 Å². The van der Waals surface area contributed by atoms with Crippen LogP contribution in [0.4, 0.5) is 11.5 Å². The van der Waals surface area contributed by atoms with Crippen LogP contribution in [0.3, 0.4) is 0 Å². The molecule has 2 aromatic heterocycles. The molecule has 3 aromatic rings. The number of hydrogen-bond donors (Lipinski definition) is 0. The highest BCUT2D eigenvalue weighted by atomic mass is 35.5. The third kappa shape index (κ3) is 4.02. The summed E-state index contributed by atoms with van der Waals surface area (Å²) in [6.07, 6.45) is 13.7. The number of nitrogens with zero attached hydrogens (tertiary/aromatic N) is 4. The monoisotopic (exact) mass is 490 g/mol. The molecule has 7 rings (SSSR count). The number of pyridine rings is 1. The summed E-state index contributed by atoms with van der Waals surface area (Å²) >= 11 is 6.84. The average Bonchev–Trinajstić information content (AvgIpc) is 3.32. The van der Waals surface area contributed by atoms with E-state index >= 15 is 0 Å². The highest BCUT2D eigenvalue weighted by Gasteiger charge is 2.51. The van der Waals surface area contributed by atoms with Crippen LogP contribution in [0.5, 0.6) is 0 Å². The maximum Gasteiger partial charge on any atom is 0.341 e. The number of aromatic nitrogens is 3. The topological polar surface area (TPSA) is 60.2 Å². The molecule has 0 unspecified atom stereocenters. The molecule has 0 saturated heterocycles. The van der Waals surface area contributed by atoms with Gasteiger partial charge in [0.1, 0.15) is 11.4 Å². The van der Waals surface area contributed by atoms with E-state index in [-0.39, 0.29) is 0 Å². The first kappa shape index (κ1) is 22.6. The van der Waals surface area contributed by atoms with Crippen molar-refractivity contribution in [3.05, 3.63) is 70.6 Å². The number of methoxy groups -OCH3 is 1. The Kier molecular flexibility index (Phi) is 5.59. The smallest absolute Gasteiger partial charge is 0.341 e. The second kappa shape index (κ2) is 8.66. The third-order valence-corrected chi connectivity index (χ3v) is 8.90. The van der Waals surface area contributed by atoms with Crippen LogP contribution < -0.4 is 4.90 Å². The van der Waals surface area contributed by atoms with E-state index in [0.717, 1.165) is 34.0 Å². The Morgan fingerprint density at radius 2 is 1.89 bits per heavy atom. The summed E-state index contributed by atoms with van der Waals surface area (Å²) in [6, 6.07) is 10.2. The second-order valence-electron chi connectivity index (χ2n) is 10.8. The lowest BCUT2D eigenvalue weighted by molar-refractivity contribution is -0.00519. The minimum atomic E-state index is -0.418. The third-order valence-electron chi connectivity index (χ3n) is 8.55. The SMILES string of the molecule is COC(=O)c1cccnc1N(C)c1cnn(Cc2ccc(C34CC5CC(CC(C5)C3)C4)cc2Cl)c1. The van der Waals surface area contributed by atoms with Crippen LogP contribution in [0, 0.1) is 17.8 Å². The van der Waals surface area contributed by atoms with Crippen molar-refractivity contribution in [2.24, 2.45) is 17.8 Å². The van der Waals surface area contributed by atoms with Gasteiger partial charge < -0.3 is 9.64 Å². The Balaban J connectivity index is 1.21. The number of carbonyl (C=O) groups excluding carboxylic acids is 1. The second-order valence-corrected chi connectivity index (χ2v) is 11.2. The zero-order chi connectivity index (χ0) is 24.2. The summed E-state index contributed by atoms with van der Waals surface area (Å²) in [5.74, 6) is 2.85. The molecule has 0 radical (unpaired) electrons. The van der Waals surface area contributed by atoms with Crippen molar-refractivity contribution in [2.45, 2.75) is 50.5 Å². The molecule has 1 aromatic carbocycles. The molecule has 0 aliphatic heterocycles. The molecule has 0 N–H and O–H groups in total. The predicted molar refractivity (Wildman–Crippen MR) is 136 cm³/mol. The number of hydrogen-bond acceptors (Lipinski definition) is 5. The molecule has 35 heavy (non-hydrogen) atoms. The van der Waals surface area contributed by atoms with Crippen LogP contribution in [0.25, 0.3) is 0 Å². The Morgan fingerprint density at radius 3 is 2.54 bits per heavy atom. The van der Waals surface area contributed by atoms with Crippen molar-refractivity contribution < 1.29 is 9.53 Å². The summed E-state index contributed by atoms with van der Waals surface area (Å²) in [7, 11) is 3.23.